The Labute approximate surface area is 207 Å². The van der Waals surface area contributed by atoms with Crippen LogP contribution in [0, 0.1) is 27.2 Å². The van der Waals surface area contributed by atoms with Crippen LogP contribution in [0.3, 0.4) is 0 Å². The molecule has 0 amide bonds. The lowest BCUT2D eigenvalue weighted by Crippen LogP contribution is -2.49. The monoisotopic (exact) mass is 512 g/mol. The fourth-order valence-electron chi connectivity index (χ4n) is 4.05. The number of benzene rings is 2. The Kier molecular flexibility index (Phi) is 6.95. The van der Waals surface area contributed by atoms with Crippen molar-refractivity contribution in [3.05, 3.63) is 79.9 Å². The molecule has 188 valence electrons. The second-order valence-corrected chi connectivity index (χ2v) is 10.3. The lowest BCUT2D eigenvalue weighted by molar-refractivity contribution is -0.395. The van der Waals surface area contributed by atoms with Crippen molar-refractivity contribution in [2.45, 2.75) is 25.2 Å². The predicted molar refractivity (Wildman–Crippen MR) is 132 cm³/mol. The smallest absolute Gasteiger partial charge is 0.280 e. The summed E-state index contributed by atoms with van der Waals surface area (Å²) < 4.78 is 27.5. The molecule has 0 unspecified atom stereocenters. The van der Waals surface area contributed by atoms with Gasteiger partial charge in [-0.2, -0.15) is 4.31 Å². The van der Waals surface area contributed by atoms with E-state index in [4.69, 9.17) is 0 Å². The number of hydrogen-bond acceptors (Lipinski definition) is 9. The molecule has 2 heterocycles. The van der Waals surface area contributed by atoms with Gasteiger partial charge in [-0.1, -0.05) is 31.2 Å². The van der Waals surface area contributed by atoms with Crippen molar-refractivity contribution in [3.63, 3.8) is 0 Å². The number of nitro groups is 2. The largest absolute Gasteiger partial charge is 0.352 e. The van der Waals surface area contributed by atoms with Crippen LogP contribution in [-0.4, -0.2) is 58.9 Å². The number of piperazine rings is 1. The zero-order valence-corrected chi connectivity index (χ0v) is 20.5. The maximum Gasteiger partial charge on any atom is 0.280 e. The number of aryl methyl sites for hydroxylation is 1. The molecule has 0 saturated carbocycles. The molecular formula is C23H24N6O6S. The molecule has 13 heteroatoms. The van der Waals surface area contributed by atoms with E-state index in [1.807, 2.05) is 41.3 Å². The highest BCUT2D eigenvalue weighted by Gasteiger charge is 2.33. The molecule has 3 aromatic rings. The second kappa shape index (κ2) is 9.95. The SMILES string of the molecule is CCc1ccc(-c2ccc(N3CCN(S(=O)(=O)c4cc([N+](=O)[O-])c(C)c([N+](=O)[O-])c4)CC3)nn2)cc1. The Morgan fingerprint density at radius 2 is 1.47 bits per heavy atom. The summed E-state index contributed by atoms with van der Waals surface area (Å²) in [7, 11) is -4.18. The van der Waals surface area contributed by atoms with E-state index < -0.39 is 36.1 Å². The molecule has 1 fully saturated rings. The van der Waals surface area contributed by atoms with Crippen LogP contribution in [-0.2, 0) is 16.4 Å². The molecule has 36 heavy (non-hydrogen) atoms. The first-order chi connectivity index (χ1) is 17.1. The summed E-state index contributed by atoms with van der Waals surface area (Å²) >= 11 is 0. The molecule has 1 aliphatic heterocycles. The highest BCUT2D eigenvalue weighted by Crippen LogP contribution is 2.33. The second-order valence-electron chi connectivity index (χ2n) is 8.32. The van der Waals surface area contributed by atoms with Gasteiger partial charge in [-0.25, -0.2) is 8.42 Å². The third kappa shape index (κ3) is 4.88. The first-order valence-electron chi connectivity index (χ1n) is 11.2. The van der Waals surface area contributed by atoms with Crippen molar-refractivity contribution in [1.29, 1.82) is 0 Å². The van der Waals surface area contributed by atoms with Crippen LogP contribution in [0.25, 0.3) is 11.3 Å². The number of hydrogen-bond donors (Lipinski definition) is 0. The third-order valence-electron chi connectivity index (χ3n) is 6.23. The summed E-state index contributed by atoms with van der Waals surface area (Å²) in [6.45, 7) is 4.10. The fourth-order valence-corrected chi connectivity index (χ4v) is 5.52. The van der Waals surface area contributed by atoms with E-state index in [-0.39, 0.29) is 18.7 Å². The van der Waals surface area contributed by atoms with Crippen molar-refractivity contribution < 1.29 is 18.3 Å². The van der Waals surface area contributed by atoms with Crippen molar-refractivity contribution in [1.82, 2.24) is 14.5 Å². The molecule has 0 atom stereocenters. The van der Waals surface area contributed by atoms with E-state index >= 15 is 0 Å². The summed E-state index contributed by atoms with van der Waals surface area (Å²) in [5.41, 5.74) is 1.49. The van der Waals surface area contributed by atoms with Crippen LogP contribution < -0.4 is 4.90 Å². The van der Waals surface area contributed by atoms with Crippen LogP contribution in [0.4, 0.5) is 17.2 Å². The van der Waals surface area contributed by atoms with Gasteiger partial charge in [-0.15, -0.1) is 10.2 Å². The van der Waals surface area contributed by atoms with Crippen LogP contribution >= 0.6 is 0 Å². The van der Waals surface area contributed by atoms with Gasteiger partial charge < -0.3 is 4.90 Å². The Hall–Kier alpha value is -3.97. The number of nitro benzene ring substituents is 2. The number of rotatable bonds is 7. The van der Waals surface area contributed by atoms with Crippen LogP contribution in [0.5, 0.6) is 0 Å². The molecule has 0 aliphatic carbocycles. The number of sulfonamides is 1. The van der Waals surface area contributed by atoms with Gasteiger partial charge in [-0.05, 0) is 31.0 Å². The van der Waals surface area contributed by atoms with Gasteiger partial charge >= 0.3 is 0 Å². The molecule has 4 rings (SSSR count). The highest BCUT2D eigenvalue weighted by atomic mass is 32.2. The highest BCUT2D eigenvalue weighted by molar-refractivity contribution is 7.89. The maximum atomic E-state index is 13.2. The lowest BCUT2D eigenvalue weighted by atomic mass is 10.1. The minimum atomic E-state index is -4.18. The summed E-state index contributed by atoms with van der Waals surface area (Å²) in [6, 6.07) is 13.5. The zero-order chi connectivity index (χ0) is 26.0. The molecule has 0 radical (unpaired) electrons. The van der Waals surface area contributed by atoms with Crippen molar-refractivity contribution >= 4 is 27.2 Å². The Morgan fingerprint density at radius 1 is 0.889 bits per heavy atom. The van der Waals surface area contributed by atoms with Crippen LogP contribution in [0.1, 0.15) is 18.1 Å². The Balaban J connectivity index is 1.49. The molecule has 12 nitrogen and oxygen atoms in total. The maximum absolute atomic E-state index is 13.2. The van der Waals surface area contributed by atoms with Crippen LogP contribution in [0.2, 0.25) is 0 Å². The van der Waals surface area contributed by atoms with Crippen molar-refractivity contribution in [3.8, 4) is 11.3 Å². The molecule has 1 saturated heterocycles. The molecule has 1 aromatic heterocycles. The van der Waals surface area contributed by atoms with E-state index in [9.17, 15) is 28.6 Å². The zero-order valence-electron chi connectivity index (χ0n) is 19.7. The number of anilines is 1. The predicted octanol–water partition coefficient (Wildman–Crippen LogP) is 3.34. The average molecular weight is 513 g/mol. The summed E-state index contributed by atoms with van der Waals surface area (Å²) in [5.74, 6) is 0.600. The minimum Gasteiger partial charge on any atom is -0.352 e. The van der Waals surface area contributed by atoms with E-state index in [0.29, 0.717) is 18.9 Å². The average Bonchev–Trinajstić information content (AvgIpc) is 2.88. The van der Waals surface area contributed by atoms with E-state index in [2.05, 4.69) is 17.1 Å². The number of aromatic nitrogens is 2. The van der Waals surface area contributed by atoms with E-state index in [1.165, 1.54) is 16.8 Å². The quantitative estimate of drug-likeness (QED) is 0.342. The van der Waals surface area contributed by atoms with Crippen molar-refractivity contribution in [2.24, 2.45) is 0 Å². The first kappa shape index (κ1) is 25.1. The molecule has 0 N–H and O–H groups in total. The van der Waals surface area contributed by atoms with Crippen molar-refractivity contribution in [2.75, 3.05) is 31.1 Å². The van der Waals surface area contributed by atoms with Gasteiger partial charge in [0.25, 0.3) is 11.4 Å². The standard InChI is InChI=1S/C23H24N6O6S/c1-3-17-4-6-18(7-5-17)20-8-9-23(25-24-20)26-10-12-27(13-11-26)36(34,35)19-14-21(28(30)31)16(2)22(15-19)29(32)33/h4-9,14-15H,3,10-13H2,1-2H3. The normalized spacial score (nSPS) is 14.6. The van der Waals surface area contributed by atoms with Gasteiger partial charge in [0.05, 0.1) is 20.4 Å². The fraction of sp³-hybridized carbons (Fsp3) is 0.304. The van der Waals surface area contributed by atoms with Crippen LogP contribution in [0.15, 0.2) is 53.4 Å². The van der Waals surface area contributed by atoms with E-state index in [1.54, 1.807) is 0 Å². The number of nitrogens with zero attached hydrogens (tertiary/aromatic N) is 6. The Morgan fingerprint density at radius 3 is 1.94 bits per heavy atom. The molecule has 0 bridgehead atoms. The molecular weight excluding hydrogens is 488 g/mol. The summed E-state index contributed by atoms with van der Waals surface area (Å²) in [5, 5.41) is 31.3. The molecule has 1 aliphatic rings. The van der Waals surface area contributed by atoms with Gasteiger partial charge in [0.1, 0.15) is 5.56 Å². The first-order valence-corrected chi connectivity index (χ1v) is 12.7. The van der Waals surface area contributed by atoms with Gasteiger partial charge in [0.2, 0.25) is 10.0 Å². The Bertz CT molecular complexity index is 1370. The molecule has 0 spiro atoms. The van der Waals surface area contributed by atoms with Gasteiger partial charge in [0, 0.05) is 43.9 Å². The topological polar surface area (TPSA) is 153 Å². The summed E-state index contributed by atoms with van der Waals surface area (Å²) in [4.78, 5) is 22.5. The van der Waals surface area contributed by atoms with E-state index in [0.717, 1.165) is 29.8 Å². The van der Waals surface area contributed by atoms with Gasteiger partial charge in [-0.3, -0.25) is 20.2 Å². The lowest BCUT2D eigenvalue weighted by Gasteiger charge is -2.34. The summed E-state index contributed by atoms with van der Waals surface area (Å²) in [6.07, 6.45) is 0.949. The third-order valence-corrected chi connectivity index (χ3v) is 8.11. The molecule has 2 aromatic carbocycles. The van der Waals surface area contributed by atoms with Gasteiger partial charge in [0.15, 0.2) is 5.82 Å². The minimum absolute atomic E-state index is 0.0831.